The monoisotopic (exact) mass is 671 g/mol. The van der Waals surface area contributed by atoms with Crippen molar-refractivity contribution in [1.82, 2.24) is 14.7 Å². The third-order valence-corrected chi connectivity index (χ3v) is 10.0. The minimum Gasteiger partial charge on any atom is -0.455 e. The Hall–Kier alpha value is -3.02. The molecule has 4 aliphatic rings. The summed E-state index contributed by atoms with van der Waals surface area (Å²) in [6, 6.07) is 7.70. The van der Waals surface area contributed by atoms with Crippen LogP contribution in [0.3, 0.4) is 0 Å². The summed E-state index contributed by atoms with van der Waals surface area (Å²) in [5, 5.41) is 9.67. The van der Waals surface area contributed by atoms with Crippen molar-refractivity contribution in [3.05, 3.63) is 58.6 Å². The van der Waals surface area contributed by atoms with E-state index in [4.69, 9.17) is 9.47 Å². The van der Waals surface area contributed by atoms with Gasteiger partial charge >= 0.3 is 5.97 Å². The van der Waals surface area contributed by atoms with Crippen LogP contribution in [0.25, 0.3) is 0 Å². The molecule has 0 aliphatic carbocycles. The average Bonchev–Trinajstić information content (AvgIpc) is 3.57. The SMILES string of the molecule is C[C@H]1[C@H](c2ccccc2)OC(=O)[C@H]2[C@@H]3O[C@@]4(C=C3Br)[C@@H]2C(=O)N(CCCO)[C@@H]4C(=O)N(C(C)(C)C)C/C=C\CCC(=O)N1C. The number of carbonyl (C=O) groups excluding carboxylic acids is 4. The minimum absolute atomic E-state index is 0.103. The number of benzene rings is 1. The molecule has 0 unspecified atom stereocenters. The van der Waals surface area contributed by atoms with Crippen molar-refractivity contribution in [2.75, 3.05) is 26.7 Å². The van der Waals surface area contributed by atoms with Gasteiger partial charge in [0.15, 0.2) is 0 Å². The van der Waals surface area contributed by atoms with Gasteiger partial charge in [-0.2, -0.15) is 0 Å². The summed E-state index contributed by atoms with van der Waals surface area (Å²) in [6.07, 6.45) is 4.93. The van der Waals surface area contributed by atoms with Gasteiger partial charge in [-0.15, -0.1) is 0 Å². The maximum Gasteiger partial charge on any atom is 0.313 e. The Kier molecular flexibility index (Phi) is 9.13. The highest BCUT2D eigenvalue weighted by Gasteiger charge is 2.75. The summed E-state index contributed by atoms with van der Waals surface area (Å²) in [5.74, 6) is -3.43. The molecule has 3 amide bonds. The van der Waals surface area contributed by atoms with Crippen molar-refractivity contribution in [2.24, 2.45) is 11.8 Å². The molecule has 44 heavy (non-hydrogen) atoms. The third-order valence-electron chi connectivity index (χ3n) is 9.36. The van der Waals surface area contributed by atoms with Crippen LogP contribution in [0.1, 0.15) is 58.6 Å². The van der Waals surface area contributed by atoms with Gasteiger partial charge in [0.05, 0.1) is 12.0 Å². The fourth-order valence-corrected chi connectivity index (χ4v) is 7.73. The number of aliphatic hydroxyl groups excluding tert-OH is 1. The molecule has 4 heterocycles. The standard InChI is InChI=1S/C33H42BrN3O7/c1-20-26(21-13-8-6-9-14-21)43-31(42)24-25-29(40)36(16-12-18-38)28(33(25)19-22(34)27(24)44-33)30(41)37(32(2,3)4)17-11-7-10-15-23(39)35(20)5/h6-9,11,13-14,19-20,24-28,38H,10,12,15-18H2,1-5H3/b11-7-/t20-,24+,25-,26+,27+,28+,33-/m0/s1. The summed E-state index contributed by atoms with van der Waals surface area (Å²) >= 11 is 3.58. The van der Waals surface area contributed by atoms with Crippen LogP contribution < -0.4 is 0 Å². The number of hydrogen-bond acceptors (Lipinski definition) is 7. The Morgan fingerprint density at radius 2 is 1.75 bits per heavy atom. The molecule has 5 rings (SSSR count). The molecule has 238 valence electrons. The van der Waals surface area contributed by atoms with Gasteiger partial charge in [0.25, 0.3) is 0 Å². The van der Waals surface area contributed by atoms with E-state index in [1.807, 2.05) is 70.2 Å². The lowest BCUT2D eigenvalue weighted by molar-refractivity contribution is -0.164. The van der Waals surface area contributed by atoms with Crippen molar-refractivity contribution in [1.29, 1.82) is 0 Å². The molecule has 1 aromatic rings. The summed E-state index contributed by atoms with van der Waals surface area (Å²) in [6.45, 7) is 7.85. The van der Waals surface area contributed by atoms with Crippen LogP contribution in [0.15, 0.2) is 53.0 Å². The molecule has 11 heteroatoms. The summed E-state index contributed by atoms with van der Waals surface area (Å²) in [5.41, 5.74) is -1.29. The summed E-state index contributed by atoms with van der Waals surface area (Å²) < 4.78 is 13.4. The van der Waals surface area contributed by atoms with Gasteiger partial charge in [0.2, 0.25) is 17.7 Å². The number of carbonyl (C=O) groups is 4. The number of nitrogens with zero attached hydrogens (tertiary/aromatic N) is 3. The molecule has 1 N–H and O–H groups in total. The zero-order valence-electron chi connectivity index (χ0n) is 25.9. The molecule has 0 aromatic heterocycles. The van der Waals surface area contributed by atoms with Crippen LogP contribution in [-0.4, -0.2) is 99.6 Å². The van der Waals surface area contributed by atoms with Gasteiger partial charge in [-0.3, -0.25) is 19.2 Å². The molecule has 0 radical (unpaired) electrons. The van der Waals surface area contributed by atoms with E-state index in [0.29, 0.717) is 10.9 Å². The first-order valence-corrected chi connectivity index (χ1v) is 16.1. The fourth-order valence-electron chi connectivity index (χ4n) is 6.99. The molecular weight excluding hydrogens is 630 g/mol. The van der Waals surface area contributed by atoms with Crippen LogP contribution >= 0.6 is 15.9 Å². The Bertz CT molecular complexity index is 1360. The lowest BCUT2D eigenvalue weighted by Crippen LogP contribution is -2.59. The zero-order valence-corrected chi connectivity index (χ0v) is 27.5. The van der Waals surface area contributed by atoms with Gasteiger partial charge in [0, 0.05) is 43.2 Å². The topological polar surface area (TPSA) is 117 Å². The van der Waals surface area contributed by atoms with Gasteiger partial charge in [-0.05, 0) is 52.2 Å². The highest BCUT2D eigenvalue weighted by Crippen LogP contribution is 2.59. The largest absolute Gasteiger partial charge is 0.455 e. The van der Waals surface area contributed by atoms with Gasteiger partial charge in [0.1, 0.15) is 29.8 Å². The number of cyclic esters (lactones) is 1. The molecule has 5 bridgehead atoms. The Labute approximate surface area is 267 Å². The highest BCUT2D eigenvalue weighted by atomic mass is 79.9. The number of likely N-dealkylation sites (tertiary alicyclic amines) is 1. The van der Waals surface area contributed by atoms with Crippen LogP contribution in [0, 0.1) is 11.8 Å². The number of likely N-dealkylation sites (N-methyl/N-ethyl adjacent to an activating group) is 1. The number of hydrogen-bond donors (Lipinski definition) is 1. The van der Waals surface area contributed by atoms with Crippen molar-refractivity contribution in [3.8, 4) is 0 Å². The number of fused-ring (bicyclic) bond motifs is 2. The number of amides is 3. The van der Waals surface area contributed by atoms with E-state index < -0.39 is 53.2 Å². The molecule has 7 atom stereocenters. The Balaban J connectivity index is 1.63. The number of ether oxygens (including phenoxy) is 2. The number of rotatable bonds is 4. The van der Waals surface area contributed by atoms with Crippen molar-refractivity contribution in [3.63, 3.8) is 0 Å². The molecule has 4 aliphatic heterocycles. The number of aliphatic hydroxyl groups is 1. The van der Waals surface area contributed by atoms with Crippen LogP contribution in [0.2, 0.25) is 0 Å². The molecule has 10 nitrogen and oxygen atoms in total. The molecule has 2 saturated heterocycles. The smallest absolute Gasteiger partial charge is 0.313 e. The average molecular weight is 673 g/mol. The first-order valence-electron chi connectivity index (χ1n) is 15.3. The summed E-state index contributed by atoms with van der Waals surface area (Å²) in [7, 11) is 1.70. The lowest BCUT2D eigenvalue weighted by Gasteiger charge is -2.41. The second-order valence-electron chi connectivity index (χ2n) is 13.1. The maximum atomic E-state index is 14.6. The number of esters is 1. The predicted molar refractivity (Wildman–Crippen MR) is 166 cm³/mol. The van der Waals surface area contributed by atoms with Gasteiger partial charge in [-0.25, -0.2) is 0 Å². The summed E-state index contributed by atoms with van der Waals surface area (Å²) in [4.78, 5) is 61.1. The molecule has 1 aromatic carbocycles. The van der Waals surface area contributed by atoms with Crippen molar-refractivity contribution < 1.29 is 33.8 Å². The maximum absolute atomic E-state index is 14.6. The van der Waals surface area contributed by atoms with E-state index >= 15 is 0 Å². The fraction of sp³-hybridized carbons (Fsp3) is 0.576. The van der Waals surface area contributed by atoms with E-state index in [-0.39, 0.29) is 50.3 Å². The zero-order chi connectivity index (χ0) is 32.0. The van der Waals surface area contributed by atoms with E-state index in [9.17, 15) is 24.3 Å². The molecular formula is C33H42BrN3O7. The lowest BCUT2D eigenvalue weighted by atomic mass is 9.74. The molecule has 2 fully saturated rings. The van der Waals surface area contributed by atoms with Crippen molar-refractivity contribution >= 4 is 39.6 Å². The van der Waals surface area contributed by atoms with E-state index in [1.165, 1.54) is 4.90 Å². The van der Waals surface area contributed by atoms with Crippen LogP contribution in [0.5, 0.6) is 0 Å². The molecule has 0 saturated carbocycles. The normalized spacial score (nSPS) is 33.9. The number of allylic oxidation sites excluding steroid dienone is 1. The van der Waals surface area contributed by atoms with Crippen LogP contribution in [-0.2, 0) is 28.7 Å². The minimum atomic E-state index is -1.39. The Morgan fingerprint density at radius 3 is 2.41 bits per heavy atom. The predicted octanol–water partition coefficient (Wildman–Crippen LogP) is 3.35. The second kappa shape index (κ2) is 12.4. The third kappa shape index (κ3) is 5.51. The first kappa shape index (κ1) is 32.4. The quantitative estimate of drug-likeness (QED) is 0.386. The van der Waals surface area contributed by atoms with Crippen LogP contribution in [0.4, 0.5) is 0 Å². The second-order valence-corrected chi connectivity index (χ2v) is 14.0. The van der Waals surface area contributed by atoms with E-state index in [2.05, 4.69) is 15.9 Å². The van der Waals surface area contributed by atoms with E-state index in [1.54, 1.807) is 22.9 Å². The van der Waals surface area contributed by atoms with Gasteiger partial charge in [-0.1, -0.05) is 58.4 Å². The number of halogens is 1. The highest BCUT2D eigenvalue weighted by molar-refractivity contribution is 9.11. The Morgan fingerprint density at radius 1 is 1.05 bits per heavy atom. The van der Waals surface area contributed by atoms with Gasteiger partial charge < -0.3 is 29.3 Å². The molecule has 1 spiro atoms. The first-order chi connectivity index (χ1) is 20.8. The van der Waals surface area contributed by atoms with E-state index in [0.717, 1.165) is 5.56 Å². The van der Waals surface area contributed by atoms with Crippen molar-refractivity contribution in [2.45, 2.75) is 82.4 Å².